The molecule has 1 aromatic rings. The SMILES string of the molecule is C[C@@H](NCc1ccc(Cl)c(Br)c1)C1CCCC1. The highest BCUT2D eigenvalue weighted by molar-refractivity contribution is 9.10. The van der Waals surface area contributed by atoms with Crippen LogP contribution in [0.1, 0.15) is 38.2 Å². The average Bonchev–Trinajstić information content (AvgIpc) is 2.84. The van der Waals surface area contributed by atoms with E-state index in [1.54, 1.807) is 0 Å². The molecule has 1 nitrogen and oxygen atoms in total. The van der Waals surface area contributed by atoms with Gasteiger partial charge >= 0.3 is 0 Å². The summed E-state index contributed by atoms with van der Waals surface area (Å²) in [5.74, 6) is 0.866. The molecule has 0 aromatic heterocycles. The zero-order chi connectivity index (χ0) is 12.3. The van der Waals surface area contributed by atoms with Gasteiger partial charge in [0.05, 0.1) is 5.02 Å². The van der Waals surface area contributed by atoms with Crippen LogP contribution in [0.4, 0.5) is 0 Å². The van der Waals surface area contributed by atoms with E-state index in [-0.39, 0.29) is 0 Å². The molecular weight excluding hydrogens is 298 g/mol. The maximum Gasteiger partial charge on any atom is 0.0548 e. The number of benzene rings is 1. The summed E-state index contributed by atoms with van der Waals surface area (Å²) in [5, 5.41) is 4.40. The Kier molecular flexibility index (Phi) is 4.89. The molecule has 1 aliphatic carbocycles. The molecule has 1 saturated carbocycles. The fourth-order valence-electron chi connectivity index (χ4n) is 2.55. The van der Waals surface area contributed by atoms with E-state index in [0.29, 0.717) is 6.04 Å². The summed E-state index contributed by atoms with van der Waals surface area (Å²) in [7, 11) is 0. The lowest BCUT2D eigenvalue weighted by Crippen LogP contribution is -2.31. The molecule has 0 spiro atoms. The van der Waals surface area contributed by atoms with Crippen LogP contribution in [-0.2, 0) is 6.54 Å². The standard InChI is InChI=1S/C14H19BrClN/c1-10(12-4-2-3-5-12)17-9-11-6-7-14(16)13(15)8-11/h6-8,10,12,17H,2-5,9H2,1H3/t10-/m1/s1. The monoisotopic (exact) mass is 315 g/mol. The third kappa shape index (κ3) is 3.70. The fraction of sp³-hybridized carbons (Fsp3) is 0.571. The Morgan fingerprint density at radius 1 is 1.41 bits per heavy atom. The predicted molar refractivity (Wildman–Crippen MR) is 77.4 cm³/mol. The molecule has 2 rings (SSSR count). The van der Waals surface area contributed by atoms with E-state index < -0.39 is 0 Å². The minimum atomic E-state index is 0.618. The van der Waals surface area contributed by atoms with Crippen molar-refractivity contribution in [1.29, 1.82) is 0 Å². The van der Waals surface area contributed by atoms with Gasteiger partial charge in [-0.1, -0.05) is 30.5 Å². The first-order valence-corrected chi connectivity index (χ1v) is 7.51. The van der Waals surface area contributed by atoms with E-state index in [4.69, 9.17) is 11.6 Å². The van der Waals surface area contributed by atoms with Crippen molar-refractivity contribution in [3.05, 3.63) is 33.3 Å². The summed E-state index contributed by atoms with van der Waals surface area (Å²) < 4.78 is 0.979. The largest absolute Gasteiger partial charge is 0.310 e. The molecule has 94 valence electrons. The minimum Gasteiger partial charge on any atom is -0.310 e. The van der Waals surface area contributed by atoms with Crippen LogP contribution in [0.15, 0.2) is 22.7 Å². The highest BCUT2D eigenvalue weighted by Gasteiger charge is 2.20. The molecule has 1 aromatic carbocycles. The van der Waals surface area contributed by atoms with E-state index in [1.807, 2.05) is 6.07 Å². The van der Waals surface area contributed by atoms with Gasteiger partial charge in [-0.25, -0.2) is 0 Å². The Morgan fingerprint density at radius 3 is 2.76 bits per heavy atom. The van der Waals surface area contributed by atoms with E-state index in [2.05, 4.69) is 40.3 Å². The van der Waals surface area contributed by atoms with Crippen LogP contribution in [-0.4, -0.2) is 6.04 Å². The number of halogens is 2. The van der Waals surface area contributed by atoms with Crippen molar-refractivity contribution in [3.63, 3.8) is 0 Å². The third-order valence-corrected chi connectivity index (χ3v) is 4.93. The molecule has 1 atom stereocenters. The zero-order valence-electron chi connectivity index (χ0n) is 10.2. The minimum absolute atomic E-state index is 0.618. The average molecular weight is 317 g/mol. The van der Waals surface area contributed by atoms with Gasteiger partial charge in [-0.3, -0.25) is 0 Å². The molecule has 0 bridgehead atoms. The van der Waals surface area contributed by atoms with Gasteiger partial charge in [0.1, 0.15) is 0 Å². The van der Waals surface area contributed by atoms with Gasteiger partial charge in [-0.2, -0.15) is 0 Å². The lowest BCUT2D eigenvalue weighted by molar-refractivity contribution is 0.380. The van der Waals surface area contributed by atoms with Gasteiger partial charge in [0, 0.05) is 17.1 Å². The number of nitrogens with one attached hydrogen (secondary N) is 1. The predicted octanol–water partition coefficient (Wildman–Crippen LogP) is 4.77. The van der Waals surface area contributed by atoms with Crippen LogP contribution in [0.2, 0.25) is 5.02 Å². The zero-order valence-corrected chi connectivity index (χ0v) is 12.5. The van der Waals surface area contributed by atoms with E-state index >= 15 is 0 Å². The first kappa shape index (κ1) is 13.4. The molecule has 1 N–H and O–H groups in total. The molecule has 0 saturated heterocycles. The van der Waals surface area contributed by atoms with Gasteiger partial charge < -0.3 is 5.32 Å². The van der Waals surface area contributed by atoms with Crippen molar-refractivity contribution >= 4 is 27.5 Å². The topological polar surface area (TPSA) is 12.0 Å². The summed E-state index contributed by atoms with van der Waals surface area (Å²) >= 11 is 9.44. The molecule has 0 unspecified atom stereocenters. The molecular formula is C14H19BrClN. The first-order valence-electron chi connectivity index (χ1n) is 6.34. The highest BCUT2D eigenvalue weighted by Crippen LogP contribution is 2.28. The maximum atomic E-state index is 5.98. The summed E-state index contributed by atoms with van der Waals surface area (Å²) in [5.41, 5.74) is 1.28. The van der Waals surface area contributed by atoms with Crippen molar-refractivity contribution < 1.29 is 0 Å². The fourth-order valence-corrected chi connectivity index (χ4v) is 3.10. The van der Waals surface area contributed by atoms with Crippen LogP contribution < -0.4 is 5.32 Å². The van der Waals surface area contributed by atoms with Crippen molar-refractivity contribution in [1.82, 2.24) is 5.32 Å². The van der Waals surface area contributed by atoms with Gasteiger partial charge in [-0.05, 0) is 59.3 Å². The van der Waals surface area contributed by atoms with Gasteiger partial charge in [0.2, 0.25) is 0 Å². The number of rotatable bonds is 4. The van der Waals surface area contributed by atoms with Crippen molar-refractivity contribution in [3.8, 4) is 0 Å². The lowest BCUT2D eigenvalue weighted by atomic mass is 9.99. The summed E-state index contributed by atoms with van der Waals surface area (Å²) in [6.07, 6.45) is 5.59. The van der Waals surface area contributed by atoms with Crippen LogP contribution in [0.3, 0.4) is 0 Å². The molecule has 0 amide bonds. The third-order valence-electron chi connectivity index (χ3n) is 3.72. The molecule has 0 heterocycles. The number of hydrogen-bond acceptors (Lipinski definition) is 1. The maximum absolute atomic E-state index is 5.98. The summed E-state index contributed by atoms with van der Waals surface area (Å²) in [4.78, 5) is 0. The molecule has 3 heteroatoms. The Bertz CT molecular complexity index is 374. The van der Waals surface area contributed by atoms with Gasteiger partial charge in [0.15, 0.2) is 0 Å². The lowest BCUT2D eigenvalue weighted by Gasteiger charge is -2.20. The molecule has 0 aliphatic heterocycles. The Hall–Kier alpha value is -0.0500. The quantitative estimate of drug-likeness (QED) is 0.843. The van der Waals surface area contributed by atoms with Crippen LogP contribution >= 0.6 is 27.5 Å². The van der Waals surface area contributed by atoms with E-state index in [9.17, 15) is 0 Å². The smallest absolute Gasteiger partial charge is 0.0548 e. The van der Waals surface area contributed by atoms with Crippen molar-refractivity contribution in [2.75, 3.05) is 0 Å². The van der Waals surface area contributed by atoms with Crippen LogP contribution in [0.5, 0.6) is 0 Å². The molecule has 1 aliphatic rings. The van der Waals surface area contributed by atoms with Gasteiger partial charge in [-0.15, -0.1) is 0 Å². The van der Waals surface area contributed by atoms with E-state index in [0.717, 1.165) is 22.0 Å². The summed E-state index contributed by atoms with van der Waals surface area (Å²) in [6, 6.07) is 6.74. The van der Waals surface area contributed by atoms with Crippen LogP contribution in [0, 0.1) is 5.92 Å². The van der Waals surface area contributed by atoms with Crippen molar-refractivity contribution in [2.24, 2.45) is 5.92 Å². The second kappa shape index (κ2) is 6.21. The van der Waals surface area contributed by atoms with Crippen LogP contribution in [0.25, 0.3) is 0 Å². The Morgan fingerprint density at radius 2 is 2.12 bits per heavy atom. The Labute approximate surface area is 117 Å². The highest BCUT2D eigenvalue weighted by atomic mass is 79.9. The normalized spacial score (nSPS) is 18.5. The number of hydrogen-bond donors (Lipinski definition) is 1. The van der Waals surface area contributed by atoms with Crippen molar-refractivity contribution in [2.45, 2.75) is 45.2 Å². The molecule has 1 fully saturated rings. The molecule has 0 radical (unpaired) electrons. The van der Waals surface area contributed by atoms with E-state index in [1.165, 1.54) is 31.2 Å². The Balaban J connectivity index is 1.86. The second-order valence-electron chi connectivity index (χ2n) is 4.96. The summed E-state index contributed by atoms with van der Waals surface area (Å²) in [6.45, 7) is 3.23. The second-order valence-corrected chi connectivity index (χ2v) is 6.22. The first-order chi connectivity index (χ1) is 8.16. The van der Waals surface area contributed by atoms with Gasteiger partial charge in [0.25, 0.3) is 0 Å². The molecule has 17 heavy (non-hydrogen) atoms.